The molecule has 4 rings (SSSR count). The van der Waals surface area contributed by atoms with Gasteiger partial charge in [0.2, 0.25) is 11.8 Å². The summed E-state index contributed by atoms with van der Waals surface area (Å²) in [5, 5.41) is 6.61. The van der Waals surface area contributed by atoms with Crippen molar-refractivity contribution in [1.82, 2.24) is 0 Å². The van der Waals surface area contributed by atoms with E-state index in [1.54, 1.807) is 30.5 Å². The molecular formula is C22H22N2O4. The molecule has 3 aromatic rings. The van der Waals surface area contributed by atoms with Crippen LogP contribution in [-0.4, -0.2) is 25.5 Å². The minimum atomic E-state index is -0.247. The number of rotatable bonds is 6. The number of amides is 2. The van der Waals surface area contributed by atoms with Crippen LogP contribution in [0.2, 0.25) is 0 Å². The number of benzene rings is 2. The maximum absolute atomic E-state index is 12.5. The van der Waals surface area contributed by atoms with Crippen LogP contribution in [0.4, 0.5) is 11.4 Å². The van der Waals surface area contributed by atoms with Crippen molar-refractivity contribution in [2.45, 2.75) is 25.7 Å². The zero-order valence-corrected chi connectivity index (χ0v) is 15.7. The molecule has 0 atom stereocenters. The van der Waals surface area contributed by atoms with Gasteiger partial charge in [0.15, 0.2) is 0 Å². The quantitative estimate of drug-likeness (QED) is 0.686. The molecule has 0 bridgehead atoms. The van der Waals surface area contributed by atoms with Crippen LogP contribution in [0.25, 0.3) is 11.0 Å². The summed E-state index contributed by atoms with van der Waals surface area (Å²) in [6.07, 6.45) is 5.25. The maximum atomic E-state index is 12.5. The van der Waals surface area contributed by atoms with Crippen molar-refractivity contribution in [3.63, 3.8) is 0 Å². The van der Waals surface area contributed by atoms with Gasteiger partial charge in [-0.05, 0) is 60.7 Å². The fourth-order valence-corrected chi connectivity index (χ4v) is 3.67. The van der Waals surface area contributed by atoms with Crippen molar-refractivity contribution in [1.29, 1.82) is 0 Å². The zero-order chi connectivity index (χ0) is 19.5. The van der Waals surface area contributed by atoms with Gasteiger partial charge in [-0.1, -0.05) is 6.07 Å². The lowest BCUT2D eigenvalue weighted by molar-refractivity contribution is -0.119. The van der Waals surface area contributed by atoms with Gasteiger partial charge >= 0.3 is 0 Å². The van der Waals surface area contributed by atoms with Gasteiger partial charge in [-0.25, -0.2) is 0 Å². The summed E-state index contributed by atoms with van der Waals surface area (Å²) in [4.78, 5) is 24.2. The van der Waals surface area contributed by atoms with E-state index in [0.717, 1.165) is 29.4 Å². The Labute approximate surface area is 162 Å². The molecule has 1 heterocycles. The Balaban J connectivity index is 1.45. The molecule has 1 aliphatic rings. The highest BCUT2D eigenvalue weighted by atomic mass is 16.5. The monoisotopic (exact) mass is 378 g/mol. The molecule has 0 aliphatic heterocycles. The number of carbonyl (C=O) groups excluding carboxylic acids is 2. The van der Waals surface area contributed by atoms with E-state index < -0.39 is 0 Å². The lowest BCUT2D eigenvalue weighted by Crippen LogP contribution is -2.18. The number of ether oxygens (including phenoxy) is 1. The molecule has 0 saturated heterocycles. The Kier molecular flexibility index (Phi) is 5.12. The zero-order valence-electron chi connectivity index (χ0n) is 15.7. The van der Waals surface area contributed by atoms with Crippen LogP contribution < -0.4 is 10.6 Å². The van der Waals surface area contributed by atoms with Crippen LogP contribution in [0.3, 0.4) is 0 Å². The second-order valence-corrected chi connectivity index (χ2v) is 7.02. The molecule has 6 nitrogen and oxygen atoms in total. The third-order valence-electron chi connectivity index (χ3n) is 4.92. The average Bonchev–Trinajstić information content (AvgIpc) is 3.27. The highest BCUT2D eigenvalue weighted by Crippen LogP contribution is 2.30. The number of methoxy groups -OCH3 is 1. The van der Waals surface area contributed by atoms with E-state index in [4.69, 9.17) is 9.15 Å². The lowest BCUT2D eigenvalue weighted by atomic mass is 10.0. The van der Waals surface area contributed by atoms with Crippen molar-refractivity contribution >= 4 is 34.2 Å². The van der Waals surface area contributed by atoms with Gasteiger partial charge in [-0.2, -0.15) is 0 Å². The minimum Gasteiger partial charge on any atom is -0.464 e. The second-order valence-electron chi connectivity index (χ2n) is 7.02. The van der Waals surface area contributed by atoms with Crippen LogP contribution in [0, 0.1) is 0 Å². The number of anilines is 2. The first-order chi connectivity index (χ1) is 13.6. The van der Waals surface area contributed by atoms with E-state index in [0.29, 0.717) is 11.4 Å². The van der Waals surface area contributed by atoms with E-state index in [1.165, 1.54) is 24.7 Å². The second kappa shape index (κ2) is 7.86. The van der Waals surface area contributed by atoms with Crippen molar-refractivity contribution in [3.05, 3.63) is 59.4 Å². The Bertz CT molecular complexity index is 1040. The van der Waals surface area contributed by atoms with Crippen LogP contribution in [-0.2, 0) is 33.6 Å². The standard InChI is InChI=1S/C22H22N2O4/c1-27-13-22(26)24-18-7-3-6-17(11-18)23-21(25)10-16-12-28-20-9-15-5-2-4-14(15)8-19(16)20/h3,6-9,11-12H,2,4-5,10,13H2,1H3,(H,23,25)(H,24,26). The molecule has 2 aromatic carbocycles. The van der Waals surface area contributed by atoms with E-state index in [9.17, 15) is 9.59 Å². The van der Waals surface area contributed by atoms with Crippen molar-refractivity contribution < 1.29 is 18.7 Å². The first kappa shape index (κ1) is 18.3. The van der Waals surface area contributed by atoms with Crippen LogP contribution in [0.1, 0.15) is 23.1 Å². The topological polar surface area (TPSA) is 80.6 Å². The molecule has 1 aliphatic carbocycles. The van der Waals surface area contributed by atoms with Gasteiger partial charge in [0, 0.05) is 29.4 Å². The van der Waals surface area contributed by atoms with E-state index in [2.05, 4.69) is 22.8 Å². The number of carbonyl (C=O) groups is 2. The predicted octanol–water partition coefficient (Wildman–Crippen LogP) is 3.69. The smallest absolute Gasteiger partial charge is 0.250 e. The first-order valence-electron chi connectivity index (χ1n) is 9.33. The summed E-state index contributed by atoms with van der Waals surface area (Å²) in [6.45, 7) is -0.0200. The summed E-state index contributed by atoms with van der Waals surface area (Å²) in [7, 11) is 1.46. The molecule has 1 aromatic heterocycles. The minimum absolute atomic E-state index is 0.0200. The van der Waals surface area contributed by atoms with Gasteiger partial charge in [0.05, 0.1) is 12.7 Å². The summed E-state index contributed by atoms with van der Waals surface area (Å²) in [6, 6.07) is 11.3. The molecule has 0 saturated carbocycles. The lowest BCUT2D eigenvalue weighted by Gasteiger charge is -2.08. The third kappa shape index (κ3) is 3.92. The number of nitrogens with one attached hydrogen (secondary N) is 2. The molecule has 0 unspecified atom stereocenters. The van der Waals surface area contributed by atoms with Crippen molar-refractivity contribution in [3.8, 4) is 0 Å². The molecular weight excluding hydrogens is 356 g/mol. The predicted molar refractivity (Wildman–Crippen MR) is 108 cm³/mol. The van der Waals surface area contributed by atoms with Crippen molar-refractivity contribution in [2.24, 2.45) is 0 Å². The molecule has 2 N–H and O–H groups in total. The molecule has 2 amide bonds. The number of hydrogen-bond acceptors (Lipinski definition) is 4. The maximum Gasteiger partial charge on any atom is 0.250 e. The Morgan fingerprint density at radius 3 is 2.50 bits per heavy atom. The Morgan fingerprint density at radius 1 is 1.04 bits per heavy atom. The number of aryl methyl sites for hydroxylation is 2. The average molecular weight is 378 g/mol. The third-order valence-corrected chi connectivity index (χ3v) is 4.92. The van der Waals surface area contributed by atoms with Gasteiger partial charge < -0.3 is 19.8 Å². The first-order valence-corrected chi connectivity index (χ1v) is 9.33. The Hall–Kier alpha value is -3.12. The van der Waals surface area contributed by atoms with Gasteiger partial charge in [-0.15, -0.1) is 0 Å². The summed E-state index contributed by atoms with van der Waals surface area (Å²) >= 11 is 0. The molecule has 28 heavy (non-hydrogen) atoms. The molecule has 144 valence electrons. The fraction of sp³-hybridized carbons (Fsp3) is 0.273. The van der Waals surface area contributed by atoms with Crippen LogP contribution in [0.5, 0.6) is 0 Å². The normalized spacial score (nSPS) is 12.8. The summed E-state index contributed by atoms with van der Waals surface area (Å²) in [5.74, 6) is -0.382. The molecule has 6 heteroatoms. The number of furan rings is 1. The van der Waals surface area contributed by atoms with Crippen LogP contribution in [0.15, 0.2) is 47.1 Å². The number of hydrogen-bond donors (Lipinski definition) is 2. The molecule has 0 radical (unpaired) electrons. The fourth-order valence-electron chi connectivity index (χ4n) is 3.67. The largest absolute Gasteiger partial charge is 0.464 e. The van der Waals surface area contributed by atoms with E-state index in [1.807, 2.05) is 0 Å². The number of fused-ring (bicyclic) bond motifs is 2. The van der Waals surface area contributed by atoms with Crippen LogP contribution >= 0.6 is 0 Å². The highest BCUT2D eigenvalue weighted by Gasteiger charge is 2.17. The van der Waals surface area contributed by atoms with Gasteiger partial charge in [0.1, 0.15) is 12.2 Å². The SMILES string of the molecule is COCC(=O)Nc1cccc(NC(=O)Cc2coc3cc4c(cc23)CCC4)c1. The van der Waals surface area contributed by atoms with E-state index in [-0.39, 0.29) is 24.8 Å². The van der Waals surface area contributed by atoms with Gasteiger partial charge in [-0.3, -0.25) is 9.59 Å². The summed E-state index contributed by atoms with van der Waals surface area (Å²) < 4.78 is 10.5. The molecule has 0 fully saturated rings. The highest BCUT2D eigenvalue weighted by molar-refractivity contribution is 5.97. The van der Waals surface area contributed by atoms with Crippen molar-refractivity contribution in [2.75, 3.05) is 24.4 Å². The van der Waals surface area contributed by atoms with Gasteiger partial charge in [0.25, 0.3) is 0 Å². The Morgan fingerprint density at radius 2 is 1.75 bits per heavy atom. The summed E-state index contributed by atoms with van der Waals surface area (Å²) in [5.41, 5.74) is 5.65. The van der Waals surface area contributed by atoms with E-state index >= 15 is 0 Å². The molecule has 0 spiro atoms.